The van der Waals surface area contributed by atoms with Crippen LogP contribution in [0.3, 0.4) is 0 Å². The summed E-state index contributed by atoms with van der Waals surface area (Å²) < 4.78 is 11.5. The Morgan fingerprint density at radius 1 is 0.964 bits per heavy atom. The molecule has 0 aliphatic carbocycles. The average Bonchev–Trinajstić information content (AvgIpc) is 2.66. The Balaban J connectivity index is 1.86. The summed E-state index contributed by atoms with van der Waals surface area (Å²) in [6.45, 7) is 9.98. The third-order valence-electron chi connectivity index (χ3n) is 3.98. The Morgan fingerprint density at radius 2 is 1.75 bits per heavy atom. The van der Waals surface area contributed by atoms with Gasteiger partial charge in [-0.25, -0.2) is 0 Å². The number of nitrogens with one attached hydrogen (secondary N) is 2. The third kappa shape index (κ3) is 7.91. The van der Waals surface area contributed by atoms with Gasteiger partial charge >= 0.3 is 0 Å². The van der Waals surface area contributed by atoms with Crippen LogP contribution in [0, 0.1) is 11.8 Å². The average molecular weight is 385 g/mol. The van der Waals surface area contributed by atoms with E-state index in [-0.39, 0.29) is 12.5 Å². The van der Waals surface area contributed by atoms with Crippen LogP contribution in [0.1, 0.15) is 34.1 Å². The van der Waals surface area contributed by atoms with Crippen LogP contribution in [0.25, 0.3) is 0 Å². The number of para-hydroxylation sites is 2. The minimum atomic E-state index is -0.133. The van der Waals surface area contributed by atoms with Gasteiger partial charge in [0.2, 0.25) is 5.91 Å². The smallest absolute Gasteiger partial charge is 0.243 e. The normalized spacial score (nSPS) is 10.8. The molecule has 0 unspecified atom stereocenters. The lowest BCUT2D eigenvalue weighted by molar-refractivity contribution is -0.114. The second-order valence-corrected chi connectivity index (χ2v) is 7.66. The summed E-state index contributed by atoms with van der Waals surface area (Å²) in [7, 11) is 0. The first-order chi connectivity index (χ1) is 13.4. The van der Waals surface area contributed by atoms with Crippen molar-refractivity contribution in [2.24, 2.45) is 11.8 Å². The molecule has 0 bridgehead atoms. The number of hydrogen-bond donors (Lipinski definition) is 2. The number of carbonyl (C=O) groups is 1. The fourth-order valence-corrected chi connectivity index (χ4v) is 2.44. The highest BCUT2D eigenvalue weighted by atomic mass is 16.5. The molecule has 0 aliphatic heterocycles. The van der Waals surface area contributed by atoms with E-state index in [1.807, 2.05) is 48.5 Å². The van der Waals surface area contributed by atoms with E-state index < -0.39 is 0 Å². The van der Waals surface area contributed by atoms with E-state index in [1.54, 1.807) is 0 Å². The number of carbonyl (C=O) groups excluding carboxylic acids is 1. The molecular weight excluding hydrogens is 352 g/mol. The van der Waals surface area contributed by atoms with Crippen LogP contribution < -0.4 is 20.1 Å². The number of benzene rings is 2. The Morgan fingerprint density at radius 3 is 2.50 bits per heavy atom. The second kappa shape index (κ2) is 11.2. The topological polar surface area (TPSA) is 59.6 Å². The van der Waals surface area contributed by atoms with E-state index >= 15 is 0 Å². The number of ether oxygens (including phenoxy) is 2. The van der Waals surface area contributed by atoms with Crippen LogP contribution in [0.15, 0.2) is 48.5 Å². The molecule has 0 fully saturated rings. The van der Waals surface area contributed by atoms with E-state index in [1.165, 1.54) is 0 Å². The third-order valence-corrected chi connectivity index (χ3v) is 3.98. The lowest BCUT2D eigenvalue weighted by Gasteiger charge is -2.14. The Hall–Kier alpha value is -2.69. The highest BCUT2D eigenvalue weighted by Gasteiger charge is 2.08. The zero-order chi connectivity index (χ0) is 20.4. The first-order valence-electron chi connectivity index (χ1n) is 9.92. The van der Waals surface area contributed by atoms with Crippen molar-refractivity contribution in [2.75, 3.05) is 30.4 Å². The largest absolute Gasteiger partial charge is 0.494 e. The summed E-state index contributed by atoms with van der Waals surface area (Å²) in [6, 6.07) is 15.2. The molecular formula is C23H32N2O3. The number of anilines is 2. The molecule has 0 saturated heterocycles. The van der Waals surface area contributed by atoms with Gasteiger partial charge in [0.05, 0.1) is 25.4 Å². The van der Waals surface area contributed by atoms with Crippen molar-refractivity contribution in [1.29, 1.82) is 0 Å². The molecule has 2 N–H and O–H groups in total. The van der Waals surface area contributed by atoms with Gasteiger partial charge in [0.1, 0.15) is 11.5 Å². The van der Waals surface area contributed by atoms with E-state index in [2.05, 4.69) is 38.3 Å². The number of hydrogen-bond acceptors (Lipinski definition) is 4. The zero-order valence-electron chi connectivity index (χ0n) is 17.3. The van der Waals surface area contributed by atoms with Crippen molar-refractivity contribution in [3.63, 3.8) is 0 Å². The molecule has 0 spiro atoms. The van der Waals surface area contributed by atoms with Crippen molar-refractivity contribution in [1.82, 2.24) is 0 Å². The molecule has 0 atom stereocenters. The van der Waals surface area contributed by atoms with Gasteiger partial charge in [0.15, 0.2) is 0 Å². The fraction of sp³-hybridized carbons (Fsp3) is 0.435. The van der Waals surface area contributed by atoms with E-state index in [0.29, 0.717) is 36.5 Å². The standard InChI is InChI=1S/C23H32N2O3/c1-17(2)12-13-27-20-9-7-8-19(14-20)24-15-23(26)25-21-10-5-6-11-22(21)28-16-18(3)4/h5-11,14,17-18,24H,12-13,15-16H2,1-4H3,(H,25,26). The fourth-order valence-electron chi connectivity index (χ4n) is 2.44. The Bertz CT molecular complexity index is 744. The molecule has 0 aliphatic rings. The SMILES string of the molecule is CC(C)CCOc1cccc(NCC(=O)Nc2ccccc2OCC(C)C)c1. The highest BCUT2D eigenvalue weighted by molar-refractivity contribution is 5.95. The van der Waals surface area contributed by atoms with E-state index in [4.69, 9.17) is 9.47 Å². The minimum Gasteiger partial charge on any atom is -0.494 e. The van der Waals surface area contributed by atoms with E-state index in [0.717, 1.165) is 17.9 Å². The van der Waals surface area contributed by atoms with Gasteiger partial charge in [-0.05, 0) is 42.5 Å². The Labute approximate surface area is 168 Å². The first-order valence-corrected chi connectivity index (χ1v) is 9.92. The summed E-state index contributed by atoms with van der Waals surface area (Å²) in [6.07, 6.45) is 1.01. The molecule has 152 valence electrons. The van der Waals surface area contributed by atoms with Crippen LogP contribution in [0.5, 0.6) is 11.5 Å². The van der Waals surface area contributed by atoms with Crippen molar-refractivity contribution in [3.05, 3.63) is 48.5 Å². The van der Waals surface area contributed by atoms with Gasteiger partial charge in [0, 0.05) is 11.8 Å². The monoisotopic (exact) mass is 384 g/mol. The van der Waals surface area contributed by atoms with Crippen LogP contribution in [0.2, 0.25) is 0 Å². The second-order valence-electron chi connectivity index (χ2n) is 7.66. The quantitative estimate of drug-likeness (QED) is 0.559. The molecule has 28 heavy (non-hydrogen) atoms. The van der Waals surface area contributed by atoms with Crippen LogP contribution in [-0.2, 0) is 4.79 Å². The predicted molar refractivity (Wildman–Crippen MR) is 115 cm³/mol. The summed E-state index contributed by atoms with van der Waals surface area (Å²) in [5.74, 6) is 2.38. The zero-order valence-corrected chi connectivity index (χ0v) is 17.3. The van der Waals surface area contributed by atoms with Gasteiger partial charge in [-0.3, -0.25) is 4.79 Å². The summed E-state index contributed by atoms with van der Waals surface area (Å²) >= 11 is 0. The molecule has 5 nitrogen and oxygen atoms in total. The van der Waals surface area contributed by atoms with Crippen molar-refractivity contribution in [2.45, 2.75) is 34.1 Å². The van der Waals surface area contributed by atoms with Gasteiger partial charge in [0.25, 0.3) is 0 Å². The first kappa shape index (κ1) is 21.6. The van der Waals surface area contributed by atoms with Gasteiger partial charge in [-0.2, -0.15) is 0 Å². The minimum absolute atomic E-state index is 0.133. The van der Waals surface area contributed by atoms with Crippen molar-refractivity contribution in [3.8, 4) is 11.5 Å². The molecule has 2 rings (SSSR count). The molecule has 0 aromatic heterocycles. The lowest BCUT2D eigenvalue weighted by atomic mass is 10.1. The van der Waals surface area contributed by atoms with Gasteiger partial charge in [-0.15, -0.1) is 0 Å². The summed E-state index contributed by atoms with van der Waals surface area (Å²) in [5.41, 5.74) is 1.53. The lowest BCUT2D eigenvalue weighted by Crippen LogP contribution is -2.22. The molecule has 2 aromatic rings. The summed E-state index contributed by atoms with van der Waals surface area (Å²) in [5, 5.41) is 6.05. The predicted octanol–water partition coefficient (Wildman–Crippen LogP) is 5.20. The van der Waals surface area contributed by atoms with E-state index in [9.17, 15) is 4.79 Å². The van der Waals surface area contributed by atoms with Crippen LogP contribution in [-0.4, -0.2) is 25.7 Å². The Kier molecular flexibility index (Phi) is 8.66. The molecule has 2 aromatic carbocycles. The van der Waals surface area contributed by atoms with Crippen LogP contribution >= 0.6 is 0 Å². The number of amides is 1. The maximum Gasteiger partial charge on any atom is 0.243 e. The molecule has 0 saturated carbocycles. The van der Waals surface area contributed by atoms with Crippen molar-refractivity contribution >= 4 is 17.3 Å². The molecule has 0 radical (unpaired) electrons. The number of rotatable bonds is 11. The highest BCUT2D eigenvalue weighted by Crippen LogP contribution is 2.24. The maximum atomic E-state index is 12.3. The van der Waals surface area contributed by atoms with Gasteiger partial charge < -0.3 is 20.1 Å². The molecule has 1 amide bonds. The molecule has 0 heterocycles. The molecule has 5 heteroatoms. The van der Waals surface area contributed by atoms with Gasteiger partial charge in [-0.1, -0.05) is 45.9 Å². The van der Waals surface area contributed by atoms with Crippen molar-refractivity contribution < 1.29 is 14.3 Å². The maximum absolute atomic E-state index is 12.3. The van der Waals surface area contributed by atoms with Crippen LogP contribution in [0.4, 0.5) is 11.4 Å². The summed E-state index contributed by atoms with van der Waals surface area (Å²) in [4.78, 5) is 12.3.